The van der Waals surface area contributed by atoms with E-state index < -0.39 is 0 Å². The zero-order chi connectivity index (χ0) is 18.4. The van der Waals surface area contributed by atoms with Crippen LogP contribution in [0.5, 0.6) is 0 Å². The van der Waals surface area contributed by atoms with Crippen LogP contribution in [-0.4, -0.2) is 32.1 Å². The Morgan fingerprint density at radius 1 is 1.15 bits per heavy atom. The highest BCUT2D eigenvalue weighted by molar-refractivity contribution is 14.0. The van der Waals surface area contributed by atoms with E-state index in [0.29, 0.717) is 6.04 Å². The maximum Gasteiger partial charge on any atom is 0.191 e. The lowest BCUT2D eigenvalue weighted by atomic mass is 10.0. The van der Waals surface area contributed by atoms with E-state index in [1.54, 1.807) is 0 Å². The number of anilines is 1. The molecule has 0 spiro atoms. The van der Waals surface area contributed by atoms with Crippen LogP contribution in [-0.2, 0) is 6.54 Å². The summed E-state index contributed by atoms with van der Waals surface area (Å²) in [4.78, 5) is 6.85. The van der Waals surface area contributed by atoms with Gasteiger partial charge in [-0.2, -0.15) is 0 Å². The molecule has 146 valence electrons. The Labute approximate surface area is 188 Å². The number of benzene rings is 2. The highest BCUT2D eigenvalue weighted by Gasteiger charge is 2.20. The molecule has 1 fully saturated rings. The molecule has 6 heteroatoms. The van der Waals surface area contributed by atoms with Gasteiger partial charge in [-0.15, -0.1) is 24.0 Å². The van der Waals surface area contributed by atoms with Crippen molar-refractivity contribution in [2.24, 2.45) is 4.99 Å². The first kappa shape index (κ1) is 22.0. The van der Waals surface area contributed by atoms with Gasteiger partial charge in [0.1, 0.15) is 0 Å². The zero-order valence-corrected chi connectivity index (χ0v) is 19.8. The lowest BCUT2D eigenvalue weighted by Gasteiger charge is -2.34. The summed E-state index contributed by atoms with van der Waals surface area (Å²) in [6.45, 7) is 5.06. The van der Waals surface area contributed by atoms with Gasteiger partial charge < -0.3 is 15.5 Å². The van der Waals surface area contributed by atoms with Crippen LogP contribution in [0, 0.1) is 6.92 Å². The van der Waals surface area contributed by atoms with E-state index in [1.165, 1.54) is 16.8 Å². The normalized spacial score (nSPS) is 15.2. The fourth-order valence-electron chi connectivity index (χ4n) is 3.35. The summed E-state index contributed by atoms with van der Waals surface area (Å²) >= 11 is 3.52. The second-order valence-corrected chi connectivity index (χ2v) is 7.65. The number of hydrogen-bond donors (Lipinski definition) is 2. The van der Waals surface area contributed by atoms with Crippen molar-refractivity contribution in [1.82, 2.24) is 10.6 Å². The lowest BCUT2D eigenvalue weighted by molar-refractivity contribution is 0.461. The second-order valence-electron chi connectivity index (χ2n) is 6.74. The Bertz CT molecular complexity index is 743. The summed E-state index contributed by atoms with van der Waals surface area (Å²) < 4.78 is 1.12. The molecule has 0 unspecified atom stereocenters. The van der Waals surface area contributed by atoms with Gasteiger partial charge >= 0.3 is 0 Å². The van der Waals surface area contributed by atoms with E-state index >= 15 is 0 Å². The number of piperidine rings is 1. The van der Waals surface area contributed by atoms with Gasteiger partial charge in [-0.1, -0.05) is 40.2 Å². The monoisotopic (exact) mass is 542 g/mol. The van der Waals surface area contributed by atoms with E-state index in [0.717, 1.165) is 42.9 Å². The molecule has 1 aliphatic rings. The molecule has 0 aliphatic carbocycles. The molecule has 2 aromatic carbocycles. The average Bonchev–Trinajstić information content (AvgIpc) is 2.67. The van der Waals surface area contributed by atoms with E-state index in [2.05, 4.69) is 91.9 Å². The van der Waals surface area contributed by atoms with Crippen LogP contribution in [0.2, 0.25) is 0 Å². The van der Waals surface area contributed by atoms with Crippen LogP contribution in [0.4, 0.5) is 5.69 Å². The topological polar surface area (TPSA) is 39.7 Å². The molecule has 2 aromatic rings. The summed E-state index contributed by atoms with van der Waals surface area (Å²) in [6.07, 6.45) is 2.24. The van der Waals surface area contributed by atoms with Crippen molar-refractivity contribution in [3.8, 4) is 0 Å². The van der Waals surface area contributed by atoms with Gasteiger partial charge in [0.15, 0.2) is 5.96 Å². The molecule has 0 radical (unpaired) electrons. The number of aliphatic imine (C=N–C) groups is 1. The average molecular weight is 543 g/mol. The Morgan fingerprint density at radius 3 is 2.48 bits per heavy atom. The first-order chi connectivity index (χ1) is 12.7. The molecule has 3 rings (SSSR count). The number of guanidine groups is 1. The minimum absolute atomic E-state index is 0. The largest absolute Gasteiger partial charge is 0.371 e. The minimum Gasteiger partial charge on any atom is -0.371 e. The van der Waals surface area contributed by atoms with Crippen molar-refractivity contribution in [2.75, 3.05) is 25.0 Å². The number of hydrogen-bond acceptors (Lipinski definition) is 2. The highest BCUT2D eigenvalue weighted by atomic mass is 127. The number of nitrogens with zero attached hydrogens (tertiary/aromatic N) is 2. The summed E-state index contributed by atoms with van der Waals surface area (Å²) in [5, 5.41) is 7.03. The SMILES string of the molecule is CN=C(NCc1ccc(Br)cc1C)NC1CCN(c2ccccc2)CC1.I. The third kappa shape index (κ3) is 6.38. The third-order valence-corrected chi connectivity index (χ3v) is 5.42. The van der Waals surface area contributed by atoms with Crippen LogP contribution >= 0.6 is 39.9 Å². The fraction of sp³-hybridized carbons (Fsp3) is 0.381. The molecule has 0 amide bonds. The van der Waals surface area contributed by atoms with Crippen LogP contribution in [0.1, 0.15) is 24.0 Å². The molecule has 4 nitrogen and oxygen atoms in total. The molecule has 1 saturated heterocycles. The maximum atomic E-state index is 4.39. The predicted molar refractivity (Wildman–Crippen MR) is 129 cm³/mol. The van der Waals surface area contributed by atoms with E-state index in [9.17, 15) is 0 Å². The smallest absolute Gasteiger partial charge is 0.191 e. The number of halogens is 2. The molecule has 0 bridgehead atoms. The third-order valence-electron chi connectivity index (χ3n) is 4.93. The Morgan fingerprint density at radius 2 is 1.85 bits per heavy atom. The van der Waals surface area contributed by atoms with E-state index in [4.69, 9.17) is 0 Å². The Hall–Kier alpha value is -1.28. The maximum absolute atomic E-state index is 4.39. The molecular weight excluding hydrogens is 515 g/mol. The summed E-state index contributed by atoms with van der Waals surface area (Å²) in [7, 11) is 1.84. The van der Waals surface area contributed by atoms with Gasteiger partial charge in [0.2, 0.25) is 0 Å². The number of aryl methyl sites for hydroxylation is 1. The van der Waals surface area contributed by atoms with Crippen LogP contribution in [0.25, 0.3) is 0 Å². The van der Waals surface area contributed by atoms with E-state index in [-0.39, 0.29) is 24.0 Å². The molecule has 2 N–H and O–H groups in total. The summed E-state index contributed by atoms with van der Waals surface area (Å²) in [5.74, 6) is 0.880. The molecule has 1 heterocycles. The van der Waals surface area contributed by atoms with Crippen molar-refractivity contribution in [2.45, 2.75) is 32.4 Å². The van der Waals surface area contributed by atoms with Gasteiger partial charge in [-0.25, -0.2) is 0 Å². The van der Waals surface area contributed by atoms with Gasteiger partial charge in [-0.3, -0.25) is 4.99 Å². The number of para-hydroxylation sites is 1. The predicted octanol–water partition coefficient (Wildman–Crippen LogP) is 4.71. The van der Waals surface area contributed by atoms with Crippen LogP contribution in [0.15, 0.2) is 58.0 Å². The molecular formula is C21H28BrIN4. The lowest BCUT2D eigenvalue weighted by Crippen LogP contribution is -2.48. The fourth-order valence-corrected chi connectivity index (χ4v) is 3.82. The summed E-state index contributed by atoms with van der Waals surface area (Å²) in [5.41, 5.74) is 3.88. The molecule has 0 saturated carbocycles. The minimum atomic E-state index is 0. The second kappa shape index (κ2) is 10.9. The first-order valence-corrected chi connectivity index (χ1v) is 9.97. The Kier molecular flexibility index (Phi) is 8.89. The summed E-state index contributed by atoms with van der Waals surface area (Å²) in [6, 6.07) is 17.5. The first-order valence-electron chi connectivity index (χ1n) is 9.18. The van der Waals surface area contributed by atoms with Crippen molar-refractivity contribution in [1.29, 1.82) is 0 Å². The van der Waals surface area contributed by atoms with E-state index in [1.807, 2.05) is 7.05 Å². The number of rotatable bonds is 4. The van der Waals surface area contributed by atoms with Gasteiger partial charge in [-0.05, 0) is 55.2 Å². The van der Waals surface area contributed by atoms with Gasteiger partial charge in [0.05, 0.1) is 0 Å². The van der Waals surface area contributed by atoms with Crippen molar-refractivity contribution < 1.29 is 0 Å². The molecule has 0 aromatic heterocycles. The van der Waals surface area contributed by atoms with Crippen molar-refractivity contribution in [3.63, 3.8) is 0 Å². The molecule has 1 aliphatic heterocycles. The van der Waals surface area contributed by atoms with Crippen LogP contribution in [0.3, 0.4) is 0 Å². The van der Waals surface area contributed by atoms with Gasteiger partial charge in [0, 0.05) is 42.9 Å². The van der Waals surface area contributed by atoms with Crippen molar-refractivity contribution in [3.05, 3.63) is 64.1 Å². The highest BCUT2D eigenvalue weighted by Crippen LogP contribution is 2.19. The standard InChI is InChI=1S/C21H27BrN4.HI/c1-16-14-18(22)9-8-17(16)15-24-21(23-2)25-19-10-12-26(13-11-19)20-6-4-3-5-7-20;/h3-9,14,19H,10-13,15H2,1-2H3,(H2,23,24,25);1H. The van der Waals surface area contributed by atoms with Gasteiger partial charge in [0.25, 0.3) is 0 Å². The van der Waals surface area contributed by atoms with Crippen molar-refractivity contribution >= 4 is 51.6 Å². The quantitative estimate of drug-likeness (QED) is 0.334. The Balaban J connectivity index is 0.00000261. The number of nitrogens with one attached hydrogen (secondary N) is 2. The zero-order valence-electron chi connectivity index (χ0n) is 15.9. The van der Waals surface area contributed by atoms with Crippen LogP contribution < -0.4 is 15.5 Å². The molecule has 0 atom stereocenters. The molecule has 27 heavy (non-hydrogen) atoms.